The third-order valence-corrected chi connectivity index (χ3v) is 3.23. The molecule has 1 aromatic rings. The minimum atomic E-state index is 0. The molecule has 6 nitrogen and oxygen atoms in total. The van der Waals surface area contributed by atoms with Gasteiger partial charge in [0, 0.05) is 39.0 Å². The molecule has 0 fully saturated rings. The number of nitrogens with zero attached hydrogens (tertiary/aromatic N) is 3. The first-order valence-electron chi connectivity index (χ1n) is 7.43. The Kier molecular flexibility index (Phi) is 10.4. The van der Waals surface area contributed by atoms with Gasteiger partial charge < -0.3 is 15.4 Å². The van der Waals surface area contributed by atoms with Crippen LogP contribution >= 0.6 is 24.0 Å². The van der Waals surface area contributed by atoms with Gasteiger partial charge in [-0.1, -0.05) is 6.92 Å². The fraction of sp³-hybridized carbons (Fsp3) is 0.733. The van der Waals surface area contributed by atoms with Gasteiger partial charge in [0.1, 0.15) is 0 Å². The number of halogens is 1. The van der Waals surface area contributed by atoms with Crippen molar-refractivity contribution in [3.8, 4) is 0 Å². The van der Waals surface area contributed by atoms with E-state index in [1.807, 2.05) is 6.92 Å². The lowest BCUT2D eigenvalue weighted by Crippen LogP contribution is -2.45. The number of rotatable bonds is 7. The first-order valence-corrected chi connectivity index (χ1v) is 7.43. The van der Waals surface area contributed by atoms with Crippen LogP contribution < -0.4 is 10.6 Å². The van der Waals surface area contributed by atoms with E-state index in [-0.39, 0.29) is 30.0 Å². The topological polar surface area (TPSA) is 63.5 Å². The Morgan fingerprint density at radius 3 is 2.59 bits per heavy atom. The van der Waals surface area contributed by atoms with Gasteiger partial charge >= 0.3 is 0 Å². The van der Waals surface area contributed by atoms with Crippen LogP contribution in [0.15, 0.2) is 11.1 Å². The van der Waals surface area contributed by atoms with Crippen molar-refractivity contribution in [3.05, 3.63) is 17.5 Å². The van der Waals surface area contributed by atoms with Crippen molar-refractivity contribution in [1.82, 2.24) is 20.4 Å². The van der Waals surface area contributed by atoms with Crippen LogP contribution in [0, 0.1) is 19.8 Å². The fourth-order valence-corrected chi connectivity index (χ4v) is 2.21. The third kappa shape index (κ3) is 7.44. The van der Waals surface area contributed by atoms with Crippen molar-refractivity contribution in [3.63, 3.8) is 0 Å². The Morgan fingerprint density at radius 1 is 1.41 bits per heavy atom. The maximum Gasteiger partial charge on any atom is 0.191 e. The van der Waals surface area contributed by atoms with Crippen molar-refractivity contribution in [1.29, 1.82) is 0 Å². The van der Waals surface area contributed by atoms with E-state index < -0.39 is 0 Å². The molecule has 1 aromatic heterocycles. The first kappa shape index (κ1) is 21.2. The quantitative estimate of drug-likeness (QED) is 0.400. The van der Waals surface area contributed by atoms with Crippen LogP contribution in [-0.4, -0.2) is 49.1 Å². The van der Waals surface area contributed by atoms with Crippen molar-refractivity contribution in [2.24, 2.45) is 10.9 Å². The fourth-order valence-electron chi connectivity index (χ4n) is 2.21. The molecule has 7 heteroatoms. The smallest absolute Gasteiger partial charge is 0.191 e. The molecule has 2 unspecified atom stereocenters. The lowest BCUT2D eigenvalue weighted by molar-refractivity contribution is 0.179. The molecule has 22 heavy (non-hydrogen) atoms. The Bertz CT molecular complexity index is 461. The van der Waals surface area contributed by atoms with E-state index in [1.54, 1.807) is 14.2 Å². The molecule has 0 spiro atoms. The molecule has 0 aliphatic carbocycles. The normalized spacial score (nSPS) is 14.2. The van der Waals surface area contributed by atoms with Crippen LogP contribution in [0.1, 0.15) is 25.2 Å². The SMILES string of the molecule is CN=C(NCC(C)Cn1nc(C)cc1C)NC(C)COC.I. The Labute approximate surface area is 151 Å². The van der Waals surface area contributed by atoms with Crippen molar-refractivity contribution in [2.45, 2.75) is 40.3 Å². The minimum Gasteiger partial charge on any atom is -0.383 e. The standard InChI is InChI=1S/C15H29N5O.HI/c1-11(9-20-14(4)7-12(2)19-20)8-17-15(16-5)18-13(3)10-21-6;/h7,11,13H,8-10H2,1-6H3,(H2,16,17,18);1H. The molecule has 2 N–H and O–H groups in total. The molecule has 0 aliphatic heterocycles. The maximum atomic E-state index is 5.11. The van der Waals surface area contributed by atoms with Gasteiger partial charge in [-0.2, -0.15) is 5.10 Å². The summed E-state index contributed by atoms with van der Waals surface area (Å²) >= 11 is 0. The van der Waals surface area contributed by atoms with Crippen molar-refractivity contribution < 1.29 is 4.74 Å². The first-order chi connectivity index (χ1) is 9.96. The minimum absolute atomic E-state index is 0. The van der Waals surface area contributed by atoms with Gasteiger partial charge in [0.2, 0.25) is 0 Å². The van der Waals surface area contributed by atoms with Crippen LogP contribution in [-0.2, 0) is 11.3 Å². The van der Waals surface area contributed by atoms with Crippen LogP contribution in [0.4, 0.5) is 0 Å². The van der Waals surface area contributed by atoms with E-state index in [4.69, 9.17) is 4.74 Å². The van der Waals surface area contributed by atoms with E-state index in [9.17, 15) is 0 Å². The van der Waals surface area contributed by atoms with Crippen molar-refractivity contribution >= 4 is 29.9 Å². The number of guanidine groups is 1. The maximum absolute atomic E-state index is 5.11. The predicted octanol–water partition coefficient (Wildman–Crippen LogP) is 1.95. The van der Waals surface area contributed by atoms with Crippen LogP contribution in [0.2, 0.25) is 0 Å². The molecule has 0 radical (unpaired) electrons. The highest BCUT2D eigenvalue weighted by atomic mass is 127. The van der Waals surface area contributed by atoms with Gasteiger partial charge in [0.25, 0.3) is 0 Å². The highest BCUT2D eigenvalue weighted by molar-refractivity contribution is 14.0. The largest absolute Gasteiger partial charge is 0.383 e. The van der Waals surface area contributed by atoms with Gasteiger partial charge in [-0.15, -0.1) is 24.0 Å². The average Bonchev–Trinajstić information content (AvgIpc) is 2.73. The number of aryl methyl sites for hydroxylation is 2. The third-order valence-electron chi connectivity index (χ3n) is 3.23. The highest BCUT2D eigenvalue weighted by Gasteiger charge is 2.09. The summed E-state index contributed by atoms with van der Waals surface area (Å²) in [6.07, 6.45) is 0. The van der Waals surface area contributed by atoms with E-state index in [1.165, 1.54) is 5.69 Å². The summed E-state index contributed by atoms with van der Waals surface area (Å²) in [5.41, 5.74) is 2.27. The second-order valence-corrected chi connectivity index (χ2v) is 5.67. The second kappa shape index (κ2) is 10.8. The molecular weight excluding hydrogens is 393 g/mol. The number of hydrogen-bond acceptors (Lipinski definition) is 3. The molecule has 0 aliphatic rings. The Morgan fingerprint density at radius 2 is 2.09 bits per heavy atom. The second-order valence-electron chi connectivity index (χ2n) is 5.67. The zero-order valence-electron chi connectivity index (χ0n) is 14.5. The number of ether oxygens (including phenoxy) is 1. The average molecular weight is 423 g/mol. The summed E-state index contributed by atoms with van der Waals surface area (Å²) in [6.45, 7) is 10.8. The van der Waals surface area contributed by atoms with Gasteiger partial charge in [-0.3, -0.25) is 9.67 Å². The summed E-state index contributed by atoms with van der Waals surface area (Å²) < 4.78 is 7.17. The Hall–Kier alpha value is -0.830. The number of aliphatic imine (C=N–C) groups is 1. The van der Waals surface area contributed by atoms with E-state index >= 15 is 0 Å². The molecule has 0 aromatic carbocycles. The zero-order chi connectivity index (χ0) is 15.8. The van der Waals surface area contributed by atoms with Gasteiger partial charge in [-0.05, 0) is 32.8 Å². The molecular formula is C15H30IN5O. The molecule has 1 heterocycles. The monoisotopic (exact) mass is 423 g/mol. The number of nitrogens with one attached hydrogen (secondary N) is 2. The van der Waals surface area contributed by atoms with E-state index in [0.29, 0.717) is 12.5 Å². The summed E-state index contributed by atoms with van der Waals surface area (Å²) in [5, 5.41) is 11.1. The molecule has 1 rings (SSSR count). The van der Waals surface area contributed by atoms with Crippen LogP contribution in [0.25, 0.3) is 0 Å². The number of hydrogen-bond donors (Lipinski definition) is 2. The summed E-state index contributed by atoms with van der Waals surface area (Å²) in [4.78, 5) is 4.23. The van der Waals surface area contributed by atoms with Crippen molar-refractivity contribution in [2.75, 3.05) is 27.3 Å². The van der Waals surface area contributed by atoms with Gasteiger partial charge in [0.15, 0.2) is 5.96 Å². The summed E-state index contributed by atoms with van der Waals surface area (Å²) in [6, 6.07) is 2.33. The summed E-state index contributed by atoms with van der Waals surface area (Å²) in [5.74, 6) is 1.26. The van der Waals surface area contributed by atoms with Gasteiger partial charge in [0.05, 0.1) is 12.3 Å². The molecule has 0 saturated carbocycles. The lowest BCUT2D eigenvalue weighted by Gasteiger charge is -2.19. The molecule has 128 valence electrons. The van der Waals surface area contributed by atoms with Crippen LogP contribution in [0.5, 0.6) is 0 Å². The Balaban J connectivity index is 0.00000441. The number of methoxy groups -OCH3 is 1. The van der Waals surface area contributed by atoms with Crippen LogP contribution in [0.3, 0.4) is 0 Å². The molecule has 0 amide bonds. The molecule has 2 atom stereocenters. The van der Waals surface area contributed by atoms with Gasteiger partial charge in [-0.25, -0.2) is 0 Å². The van der Waals surface area contributed by atoms with E-state index in [2.05, 4.69) is 52.2 Å². The molecule has 0 bridgehead atoms. The summed E-state index contributed by atoms with van der Waals surface area (Å²) in [7, 11) is 3.48. The lowest BCUT2D eigenvalue weighted by atomic mass is 10.2. The molecule has 0 saturated heterocycles. The predicted molar refractivity (Wildman–Crippen MR) is 102 cm³/mol. The highest BCUT2D eigenvalue weighted by Crippen LogP contribution is 2.05. The van der Waals surface area contributed by atoms with E-state index in [0.717, 1.165) is 24.7 Å². The zero-order valence-corrected chi connectivity index (χ0v) is 16.8. The number of aromatic nitrogens is 2.